The Labute approximate surface area is 189 Å². The van der Waals surface area contributed by atoms with E-state index in [1.54, 1.807) is 12.1 Å². The zero-order valence-electron chi connectivity index (χ0n) is 15.7. The van der Waals surface area contributed by atoms with Gasteiger partial charge in [0.25, 0.3) is 5.91 Å². The second-order valence-electron chi connectivity index (χ2n) is 6.65. The van der Waals surface area contributed by atoms with E-state index in [0.29, 0.717) is 9.72 Å². The van der Waals surface area contributed by atoms with Gasteiger partial charge in [0.05, 0.1) is 32.9 Å². The van der Waals surface area contributed by atoms with Gasteiger partial charge in [0, 0.05) is 5.02 Å². The molecule has 0 fully saturated rings. The fourth-order valence-electron chi connectivity index (χ4n) is 3.08. The molecule has 9 heteroatoms. The van der Waals surface area contributed by atoms with E-state index in [9.17, 15) is 18.0 Å². The standard InChI is InChI=1S/C22H13Cl2F3N2OS/c23-14-9-10-17(24)15(11-14)20(30)29(12-13-5-2-1-3-6-13)21-28-19-16(22(25,26)27)7-4-8-18(19)31-21/h1-11H,12H2. The van der Waals surface area contributed by atoms with Gasteiger partial charge in [-0.2, -0.15) is 13.2 Å². The molecule has 158 valence electrons. The molecule has 1 heterocycles. The third kappa shape index (κ3) is 4.54. The van der Waals surface area contributed by atoms with Gasteiger partial charge in [0.2, 0.25) is 0 Å². The molecule has 0 N–H and O–H groups in total. The van der Waals surface area contributed by atoms with Gasteiger partial charge in [-0.3, -0.25) is 9.69 Å². The number of hydrogen-bond donors (Lipinski definition) is 0. The molecule has 31 heavy (non-hydrogen) atoms. The lowest BCUT2D eigenvalue weighted by Crippen LogP contribution is -2.30. The van der Waals surface area contributed by atoms with Crippen LogP contribution in [0.25, 0.3) is 10.2 Å². The number of thiazole rings is 1. The molecule has 0 saturated carbocycles. The molecule has 0 aliphatic rings. The maximum absolute atomic E-state index is 13.4. The van der Waals surface area contributed by atoms with Crippen LogP contribution in [-0.2, 0) is 12.7 Å². The quantitative estimate of drug-likeness (QED) is 0.303. The number of anilines is 1. The van der Waals surface area contributed by atoms with Gasteiger partial charge in [-0.1, -0.05) is 70.9 Å². The smallest absolute Gasteiger partial charge is 0.279 e. The van der Waals surface area contributed by atoms with E-state index in [4.69, 9.17) is 23.2 Å². The first-order chi connectivity index (χ1) is 14.7. The highest BCUT2D eigenvalue weighted by Gasteiger charge is 2.34. The number of benzene rings is 3. The molecule has 1 amide bonds. The number of rotatable bonds is 4. The third-order valence-corrected chi connectivity index (χ3v) is 6.14. The molecule has 0 spiro atoms. The Morgan fingerprint density at radius 1 is 1.00 bits per heavy atom. The molecule has 3 aromatic carbocycles. The Balaban J connectivity index is 1.85. The summed E-state index contributed by atoms with van der Waals surface area (Å²) < 4.78 is 40.7. The topological polar surface area (TPSA) is 33.2 Å². The maximum Gasteiger partial charge on any atom is 0.418 e. The fraction of sp³-hybridized carbons (Fsp3) is 0.0909. The van der Waals surface area contributed by atoms with Gasteiger partial charge < -0.3 is 0 Å². The highest BCUT2D eigenvalue weighted by molar-refractivity contribution is 7.22. The third-order valence-electron chi connectivity index (χ3n) is 4.53. The van der Waals surface area contributed by atoms with Crippen molar-refractivity contribution < 1.29 is 18.0 Å². The Hall–Kier alpha value is -2.61. The molecule has 0 radical (unpaired) electrons. The molecule has 0 aliphatic carbocycles. The van der Waals surface area contributed by atoms with Gasteiger partial charge in [0.15, 0.2) is 5.13 Å². The number of aromatic nitrogens is 1. The first kappa shape index (κ1) is 21.6. The summed E-state index contributed by atoms with van der Waals surface area (Å²) in [4.78, 5) is 18.9. The van der Waals surface area contributed by atoms with Gasteiger partial charge in [-0.25, -0.2) is 4.98 Å². The number of para-hydroxylation sites is 1. The molecule has 1 aromatic heterocycles. The van der Waals surface area contributed by atoms with Crippen molar-refractivity contribution in [3.05, 3.63) is 93.5 Å². The first-order valence-electron chi connectivity index (χ1n) is 9.01. The number of halogens is 5. The normalized spacial score (nSPS) is 11.6. The Morgan fingerprint density at radius 3 is 2.45 bits per heavy atom. The highest BCUT2D eigenvalue weighted by Crippen LogP contribution is 2.39. The van der Waals surface area contributed by atoms with Crippen LogP contribution >= 0.6 is 34.5 Å². The molecule has 4 rings (SSSR count). The van der Waals surface area contributed by atoms with Gasteiger partial charge >= 0.3 is 6.18 Å². The molecule has 0 saturated heterocycles. The maximum atomic E-state index is 13.4. The van der Waals surface area contributed by atoms with E-state index in [2.05, 4.69) is 4.98 Å². The van der Waals surface area contributed by atoms with Crippen molar-refractivity contribution in [2.45, 2.75) is 12.7 Å². The average molecular weight is 481 g/mol. The number of alkyl halides is 3. The summed E-state index contributed by atoms with van der Waals surface area (Å²) >= 11 is 13.3. The predicted molar refractivity (Wildman–Crippen MR) is 118 cm³/mol. The average Bonchev–Trinajstić information content (AvgIpc) is 3.17. The summed E-state index contributed by atoms with van der Waals surface area (Å²) in [5.74, 6) is -0.510. The number of nitrogens with zero attached hydrogens (tertiary/aromatic N) is 2. The number of carbonyl (C=O) groups is 1. The van der Waals surface area contributed by atoms with Crippen LogP contribution in [0, 0.1) is 0 Å². The van der Waals surface area contributed by atoms with E-state index in [-0.39, 0.29) is 27.8 Å². The molecular weight excluding hydrogens is 468 g/mol. The second kappa shape index (κ2) is 8.49. The van der Waals surface area contributed by atoms with Gasteiger partial charge in [-0.15, -0.1) is 0 Å². The largest absolute Gasteiger partial charge is 0.418 e. The number of hydrogen-bond acceptors (Lipinski definition) is 3. The summed E-state index contributed by atoms with van der Waals surface area (Å²) in [6, 6.07) is 17.4. The fourth-order valence-corrected chi connectivity index (χ4v) is 4.44. The lowest BCUT2D eigenvalue weighted by Gasteiger charge is -2.21. The summed E-state index contributed by atoms with van der Waals surface area (Å²) in [5.41, 5.74) is -0.122. The van der Waals surface area contributed by atoms with Gasteiger partial charge in [-0.05, 0) is 35.9 Å². The lowest BCUT2D eigenvalue weighted by molar-refractivity contribution is -0.136. The summed E-state index contributed by atoms with van der Waals surface area (Å²) in [6.45, 7) is 0.101. The number of amides is 1. The van der Waals surface area contributed by atoms with Crippen molar-refractivity contribution in [2.24, 2.45) is 0 Å². The SMILES string of the molecule is O=C(c1cc(Cl)ccc1Cl)N(Cc1ccccc1)c1nc2c(C(F)(F)F)cccc2s1. The van der Waals surface area contributed by atoms with Crippen LogP contribution in [0.4, 0.5) is 18.3 Å². The monoisotopic (exact) mass is 480 g/mol. The molecule has 3 nitrogen and oxygen atoms in total. The number of fused-ring (bicyclic) bond motifs is 1. The minimum absolute atomic E-state index is 0.101. The second-order valence-corrected chi connectivity index (χ2v) is 8.50. The van der Waals surface area contributed by atoms with Crippen LogP contribution in [0.5, 0.6) is 0 Å². The van der Waals surface area contributed by atoms with E-state index in [0.717, 1.165) is 23.0 Å². The zero-order chi connectivity index (χ0) is 22.2. The molecule has 4 aromatic rings. The van der Waals surface area contributed by atoms with Crippen LogP contribution in [-0.4, -0.2) is 10.9 Å². The highest BCUT2D eigenvalue weighted by atomic mass is 35.5. The van der Waals surface area contributed by atoms with Crippen LogP contribution < -0.4 is 4.90 Å². The molecule has 0 unspecified atom stereocenters. The summed E-state index contributed by atoms with van der Waals surface area (Å²) in [7, 11) is 0. The Bertz CT molecular complexity index is 1260. The van der Waals surface area contributed by atoms with E-state index in [1.165, 1.54) is 23.1 Å². The zero-order valence-corrected chi connectivity index (χ0v) is 18.0. The van der Waals surface area contributed by atoms with Crippen LogP contribution in [0.2, 0.25) is 10.0 Å². The summed E-state index contributed by atoms with van der Waals surface area (Å²) in [5, 5.41) is 0.636. The molecule has 0 bridgehead atoms. The Morgan fingerprint density at radius 2 is 1.74 bits per heavy atom. The van der Waals surface area contributed by atoms with Crippen molar-refractivity contribution in [2.75, 3.05) is 4.90 Å². The Kier molecular flexibility index (Phi) is 5.92. The molecular formula is C22H13Cl2F3N2OS. The van der Waals surface area contributed by atoms with Gasteiger partial charge in [0.1, 0.15) is 0 Å². The summed E-state index contributed by atoms with van der Waals surface area (Å²) in [6.07, 6.45) is -4.56. The van der Waals surface area contributed by atoms with E-state index in [1.807, 2.05) is 30.3 Å². The lowest BCUT2D eigenvalue weighted by atomic mass is 10.1. The van der Waals surface area contributed by atoms with Crippen LogP contribution in [0.3, 0.4) is 0 Å². The molecule has 0 atom stereocenters. The molecule has 0 aliphatic heterocycles. The van der Waals surface area contributed by atoms with Crippen molar-refractivity contribution in [3.63, 3.8) is 0 Å². The first-order valence-corrected chi connectivity index (χ1v) is 10.6. The minimum Gasteiger partial charge on any atom is -0.279 e. The van der Waals surface area contributed by atoms with Crippen molar-refractivity contribution >= 4 is 55.8 Å². The van der Waals surface area contributed by atoms with Crippen molar-refractivity contribution in [1.82, 2.24) is 4.98 Å². The van der Waals surface area contributed by atoms with Crippen molar-refractivity contribution in [1.29, 1.82) is 0 Å². The van der Waals surface area contributed by atoms with E-state index < -0.39 is 17.6 Å². The van der Waals surface area contributed by atoms with E-state index >= 15 is 0 Å². The number of carbonyl (C=O) groups excluding carboxylic acids is 1. The predicted octanol–water partition coefficient (Wildman–Crippen LogP) is 7.47. The van der Waals surface area contributed by atoms with Crippen LogP contribution in [0.15, 0.2) is 66.7 Å². The van der Waals surface area contributed by atoms with Crippen molar-refractivity contribution in [3.8, 4) is 0 Å². The minimum atomic E-state index is -4.56. The van der Waals surface area contributed by atoms with Crippen LogP contribution in [0.1, 0.15) is 21.5 Å².